The number of amides is 1. The minimum Gasteiger partial charge on any atom is -0.462 e. The number of nitrogens with zero attached hydrogens (tertiary/aromatic N) is 1. The van der Waals surface area contributed by atoms with Gasteiger partial charge in [-0.1, -0.05) is 0 Å². The summed E-state index contributed by atoms with van der Waals surface area (Å²) in [6.45, 7) is 5.01. The minimum atomic E-state index is -1.66. The van der Waals surface area contributed by atoms with Crippen LogP contribution in [0.1, 0.15) is 28.7 Å². The normalized spacial score (nSPS) is 10.6. The number of nitrogens with one attached hydrogen (secondary N) is 1. The Balaban J connectivity index is 2.19. The number of benzene rings is 1. The summed E-state index contributed by atoms with van der Waals surface area (Å²) in [5.74, 6) is -5.63. The average Bonchev–Trinajstić information content (AvgIpc) is 2.84. The lowest BCUT2D eigenvalue weighted by Crippen LogP contribution is -2.21. The molecule has 0 aliphatic rings. The van der Waals surface area contributed by atoms with Crippen molar-refractivity contribution in [3.05, 3.63) is 52.6 Å². The fourth-order valence-electron chi connectivity index (χ4n) is 2.42. The summed E-state index contributed by atoms with van der Waals surface area (Å²) in [5, 5.41) is 2.19. The number of hydrogen-bond donors (Lipinski definition) is 1. The maximum absolute atomic E-state index is 13.6. The summed E-state index contributed by atoms with van der Waals surface area (Å²) in [5.41, 5.74) is 1.00. The van der Waals surface area contributed by atoms with Gasteiger partial charge in [-0.2, -0.15) is 0 Å². The monoisotopic (exact) mass is 354 g/mol. The zero-order chi connectivity index (χ0) is 18.7. The van der Waals surface area contributed by atoms with E-state index in [2.05, 4.69) is 5.32 Å². The first-order valence-corrected chi connectivity index (χ1v) is 7.53. The Morgan fingerprint density at radius 2 is 1.84 bits per heavy atom. The number of aromatic nitrogens is 1. The van der Waals surface area contributed by atoms with E-state index in [1.807, 2.05) is 0 Å². The van der Waals surface area contributed by atoms with E-state index in [1.54, 1.807) is 31.4 Å². The van der Waals surface area contributed by atoms with Gasteiger partial charge in [-0.05, 0) is 39.0 Å². The van der Waals surface area contributed by atoms with Gasteiger partial charge >= 0.3 is 5.97 Å². The van der Waals surface area contributed by atoms with Crippen molar-refractivity contribution in [1.82, 2.24) is 4.57 Å². The largest absolute Gasteiger partial charge is 0.462 e. The van der Waals surface area contributed by atoms with Crippen LogP contribution in [0.4, 0.5) is 18.9 Å². The number of aryl methyl sites for hydroxylation is 1. The van der Waals surface area contributed by atoms with Gasteiger partial charge in [-0.3, -0.25) is 4.79 Å². The van der Waals surface area contributed by atoms with Gasteiger partial charge in [0.05, 0.1) is 17.9 Å². The van der Waals surface area contributed by atoms with E-state index in [1.165, 1.54) is 0 Å². The molecule has 0 bridgehead atoms. The van der Waals surface area contributed by atoms with Crippen molar-refractivity contribution >= 4 is 17.6 Å². The number of rotatable bonds is 5. The van der Waals surface area contributed by atoms with Gasteiger partial charge in [-0.25, -0.2) is 18.0 Å². The molecular formula is C17H17F3N2O3. The Hall–Kier alpha value is -2.77. The molecule has 1 aromatic heterocycles. The molecule has 0 aliphatic heterocycles. The second-order valence-corrected chi connectivity index (χ2v) is 5.36. The van der Waals surface area contributed by atoms with Crippen molar-refractivity contribution in [1.29, 1.82) is 0 Å². The van der Waals surface area contributed by atoms with Crippen molar-refractivity contribution in [3.63, 3.8) is 0 Å². The second kappa shape index (κ2) is 7.42. The Bertz CT molecular complexity index is 831. The standard InChI is InChI=1S/C17H17F3N2O3/c1-4-25-17(24)11-7-9(2)22(10(11)3)8-14(23)21-13-6-5-12(18)15(19)16(13)20/h5-7H,4,8H2,1-3H3,(H,21,23). The molecular weight excluding hydrogens is 337 g/mol. The SMILES string of the molecule is CCOC(=O)c1cc(C)n(CC(=O)Nc2ccc(F)c(F)c2F)c1C. The van der Waals surface area contributed by atoms with Gasteiger partial charge in [0.15, 0.2) is 17.5 Å². The Morgan fingerprint density at radius 1 is 1.16 bits per heavy atom. The molecule has 134 valence electrons. The molecule has 1 amide bonds. The molecule has 0 saturated heterocycles. The minimum absolute atomic E-state index is 0.221. The molecule has 5 nitrogen and oxygen atoms in total. The first kappa shape index (κ1) is 18.6. The molecule has 8 heteroatoms. The summed E-state index contributed by atoms with van der Waals surface area (Å²) < 4.78 is 46.2. The molecule has 2 rings (SSSR count). The highest BCUT2D eigenvalue weighted by molar-refractivity contribution is 5.93. The number of hydrogen-bond acceptors (Lipinski definition) is 3. The van der Waals surface area contributed by atoms with Crippen LogP contribution in [-0.4, -0.2) is 23.1 Å². The lowest BCUT2D eigenvalue weighted by atomic mass is 10.2. The topological polar surface area (TPSA) is 60.3 Å². The van der Waals surface area contributed by atoms with Gasteiger partial charge in [0, 0.05) is 11.4 Å². The van der Waals surface area contributed by atoms with Crippen LogP contribution in [0.25, 0.3) is 0 Å². The molecule has 1 heterocycles. The van der Waals surface area contributed by atoms with Crippen LogP contribution < -0.4 is 5.32 Å². The molecule has 0 spiro atoms. The predicted molar refractivity (Wildman–Crippen MR) is 84.8 cm³/mol. The summed E-state index contributed by atoms with van der Waals surface area (Å²) in [7, 11) is 0. The molecule has 1 aromatic carbocycles. The molecule has 0 unspecified atom stereocenters. The van der Waals surface area contributed by atoms with Gasteiger partial charge in [0.25, 0.3) is 0 Å². The van der Waals surface area contributed by atoms with E-state index in [0.717, 1.165) is 12.1 Å². The van der Waals surface area contributed by atoms with E-state index in [0.29, 0.717) is 17.0 Å². The molecule has 0 aliphatic carbocycles. The summed E-state index contributed by atoms with van der Waals surface area (Å²) in [4.78, 5) is 24.0. The quantitative estimate of drug-likeness (QED) is 0.662. The van der Waals surface area contributed by atoms with Crippen molar-refractivity contribution in [2.75, 3.05) is 11.9 Å². The molecule has 0 radical (unpaired) electrons. The molecule has 1 N–H and O–H groups in total. The van der Waals surface area contributed by atoms with E-state index in [9.17, 15) is 22.8 Å². The highest BCUT2D eigenvalue weighted by Crippen LogP contribution is 2.20. The number of esters is 1. The number of carbonyl (C=O) groups excluding carboxylic acids is 2. The third-order valence-electron chi connectivity index (χ3n) is 3.68. The number of ether oxygens (including phenoxy) is 1. The second-order valence-electron chi connectivity index (χ2n) is 5.36. The Morgan fingerprint density at radius 3 is 2.48 bits per heavy atom. The Labute approximate surface area is 142 Å². The summed E-state index contributed by atoms with van der Waals surface area (Å²) >= 11 is 0. The van der Waals surface area contributed by atoms with Gasteiger partial charge in [-0.15, -0.1) is 0 Å². The van der Waals surface area contributed by atoms with E-state index >= 15 is 0 Å². The van der Waals surface area contributed by atoms with Crippen LogP contribution >= 0.6 is 0 Å². The van der Waals surface area contributed by atoms with Gasteiger partial charge < -0.3 is 14.6 Å². The van der Waals surface area contributed by atoms with Crippen LogP contribution in [0.5, 0.6) is 0 Å². The smallest absolute Gasteiger partial charge is 0.339 e. The van der Waals surface area contributed by atoms with Crippen molar-refractivity contribution in [3.8, 4) is 0 Å². The number of halogens is 3. The van der Waals surface area contributed by atoms with Crippen LogP contribution in [0.3, 0.4) is 0 Å². The highest BCUT2D eigenvalue weighted by Gasteiger charge is 2.19. The highest BCUT2D eigenvalue weighted by atomic mass is 19.2. The molecule has 2 aromatic rings. The molecule has 25 heavy (non-hydrogen) atoms. The van der Waals surface area contributed by atoms with Crippen LogP contribution in [0, 0.1) is 31.3 Å². The van der Waals surface area contributed by atoms with E-state index in [-0.39, 0.29) is 13.2 Å². The third kappa shape index (κ3) is 3.84. The predicted octanol–water partition coefficient (Wildman–Crippen LogP) is 3.34. The molecule has 0 fully saturated rings. The lowest BCUT2D eigenvalue weighted by molar-refractivity contribution is -0.116. The maximum Gasteiger partial charge on any atom is 0.339 e. The van der Waals surface area contributed by atoms with Gasteiger partial charge in [0.2, 0.25) is 5.91 Å². The van der Waals surface area contributed by atoms with E-state index < -0.39 is 35.0 Å². The van der Waals surface area contributed by atoms with Crippen LogP contribution in [0.2, 0.25) is 0 Å². The molecule has 0 saturated carbocycles. The van der Waals surface area contributed by atoms with Crippen LogP contribution in [-0.2, 0) is 16.1 Å². The van der Waals surface area contributed by atoms with Crippen molar-refractivity contribution < 1.29 is 27.5 Å². The average molecular weight is 354 g/mol. The third-order valence-corrected chi connectivity index (χ3v) is 3.68. The van der Waals surface area contributed by atoms with Gasteiger partial charge in [0.1, 0.15) is 6.54 Å². The fourth-order valence-corrected chi connectivity index (χ4v) is 2.42. The van der Waals surface area contributed by atoms with Crippen molar-refractivity contribution in [2.24, 2.45) is 0 Å². The van der Waals surface area contributed by atoms with E-state index in [4.69, 9.17) is 4.74 Å². The first-order chi connectivity index (χ1) is 11.8. The summed E-state index contributed by atoms with van der Waals surface area (Å²) in [6, 6.07) is 3.24. The lowest BCUT2D eigenvalue weighted by Gasteiger charge is -2.11. The number of carbonyl (C=O) groups is 2. The zero-order valence-electron chi connectivity index (χ0n) is 14.0. The molecule has 0 atom stereocenters. The Kier molecular flexibility index (Phi) is 5.51. The first-order valence-electron chi connectivity index (χ1n) is 7.53. The van der Waals surface area contributed by atoms with Crippen molar-refractivity contribution in [2.45, 2.75) is 27.3 Å². The van der Waals surface area contributed by atoms with Crippen LogP contribution in [0.15, 0.2) is 18.2 Å². The summed E-state index contributed by atoms with van der Waals surface area (Å²) in [6.07, 6.45) is 0. The fraction of sp³-hybridized carbons (Fsp3) is 0.294. The number of anilines is 1. The zero-order valence-corrected chi connectivity index (χ0v) is 14.0. The maximum atomic E-state index is 13.6.